The van der Waals surface area contributed by atoms with Crippen molar-refractivity contribution in [1.29, 1.82) is 0 Å². The van der Waals surface area contributed by atoms with Crippen LogP contribution in [0, 0.1) is 46.3 Å². The molecule has 36 heavy (non-hydrogen) atoms. The van der Waals surface area contributed by atoms with E-state index >= 15 is 0 Å². The quantitative estimate of drug-likeness (QED) is 0.240. The van der Waals surface area contributed by atoms with Crippen molar-refractivity contribution in [2.24, 2.45) is 46.3 Å². The van der Waals surface area contributed by atoms with Crippen LogP contribution < -0.4 is 0 Å². The van der Waals surface area contributed by atoms with E-state index < -0.39 is 70.8 Å². The van der Waals surface area contributed by atoms with Gasteiger partial charge in [0.2, 0.25) is 0 Å². The van der Waals surface area contributed by atoms with Gasteiger partial charge in [-0.15, -0.1) is 0 Å². The summed E-state index contributed by atoms with van der Waals surface area (Å²) in [5.41, 5.74) is -2.36. The molecule has 0 radical (unpaired) electrons. The lowest BCUT2D eigenvalue weighted by Crippen LogP contribution is -2.76. The Balaban J connectivity index is 1.68. The largest absolute Gasteiger partial charge is 0.396 e. The molecule has 0 aromatic carbocycles. The monoisotopic (exact) mass is 512 g/mol. The lowest BCUT2D eigenvalue weighted by Gasteiger charge is -2.67. The summed E-state index contributed by atoms with van der Waals surface area (Å²) in [6.07, 6.45) is -4.40. The Morgan fingerprint density at radius 1 is 0.889 bits per heavy atom. The summed E-state index contributed by atoms with van der Waals surface area (Å²) in [6.45, 7) is 11.9. The third-order valence-corrected chi connectivity index (χ3v) is 11.5. The Bertz CT molecular complexity index is 836. The summed E-state index contributed by atoms with van der Waals surface area (Å²) in [4.78, 5) is 0. The number of hydrogen-bond donors (Lipinski definition) is 8. The number of aliphatic hydroxyl groups is 8. The van der Waals surface area contributed by atoms with Gasteiger partial charge in [-0.3, -0.25) is 0 Å². The summed E-state index contributed by atoms with van der Waals surface area (Å²) in [5.74, 6) is -2.57. The first-order valence-corrected chi connectivity index (χ1v) is 13.8. The Hall–Kier alpha value is -0.580. The number of fused-ring (bicyclic) bond motifs is 5. The van der Waals surface area contributed by atoms with Gasteiger partial charge in [0, 0.05) is 18.4 Å². The zero-order valence-electron chi connectivity index (χ0n) is 22.2. The van der Waals surface area contributed by atoms with E-state index in [0.717, 1.165) is 5.57 Å². The summed E-state index contributed by atoms with van der Waals surface area (Å²) >= 11 is 0. The van der Waals surface area contributed by atoms with Crippen LogP contribution in [-0.2, 0) is 0 Å². The van der Waals surface area contributed by atoms with Crippen molar-refractivity contribution in [2.75, 3.05) is 6.61 Å². The van der Waals surface area contributed by atoms with E-state index in [9.17, 15) is 40.9 Å². The summed E-state index contributed by atoms with van der Waals surface area (Å²) < 4.78 is 0. The van der Waals surface area contributed by atoms with E-state index in [1.807, 2.05) is 27.7 Å². The minimum absolute atomic E-state index is 0.0203. The van der Waals surface area contributed by atoms with Crippen LogP contribution in [0.25, 0.3) is 0 Å². The molecule has 4 fully saturated rings. The lowest BCUT2D eigenvalue weighted by atomic mass is 9.40. The van der Waals surface area contributed by atoms with Crippen molar-refractivity contribution in [3.05, 3.63) is 12.2 Å². The van der Waals surface area contributed by atoms with Gasteiger partial charge in [-0.2, -0.15) is 0 Å². The molecule has 4 aliphatic rings. The van der Waals surface area contributed by atoms with Crippen LogP contribution in [0.4, 0.5) is 0 Å². The van der Waals surface area contributed by atoms with Crippen molar-refractivity contribution in [1.82, 2.24) is 0 Å². The molecule has 4 aliphatic carbocycles. The van der Waals surface area contributed by atoms with Crippen LogP contribution >= 0.6 is 0 Å². The van der Waals surface area contributed by atoms with Crippen LogP contribution in [0.3, 0.4) is 0 Å². The molecular weight excluding hydrogens is 464 g/mol. The van der Waals surface area contributed by atoms with Gasteiger partial charge in [-0.25, -0.2) is 0 Å². The molecule has 0 aromatic heterocycles. The van der Waals surface area contributed by atoms with Gasteiger partial charge in [0.15, 0.2) is 0 Å². The molecule has 0 aliphatic heterocycles. The van der Waals surface area contributed by atoms with E-state index in [4.69, 9.17) is 0 Å². The van der Waals surface area contributed by atoms with Crippen LogP contribution in [0.1, 0.15) is 66.2 Å². The van der Waals surface area contributed by atoms with E-state index in [0.29, 0.717) is 38.5 Å². The van der Waals surface area contributed by atoms with E-state index in [2.05, 4.69) is 6.58 Å². The highest BCUT2D eigenvalue weighted by molar-refractivity contribution is 5.25. The molecule has 8 nitrogen and oxygen atoms in total. The second kappa shape index (κ2) is 9.56. The Morgan fingerprint density at radius 3 is 2.11 bits per heavy atom. The van der Waals surface area contributed by atoms with Gasteiger partial charge in [0.05, 0.1) is 30.5 Å². The summed E-state index contributed by atoms with van der Waals surface area (Å²) in [6, 6.07) is 0. The Labute approximate surface area is 214 Å². The molecule has 3 unspecified atom stereocenters. The minimum Gasteiger partial charge on any atom is -0.396 e. The Kier molecular flexibility index (Phi) is 7.55. The SMILES string of the molecule is C=C(CC[C@@H](C)[C@H]1[C@@H](O)[C@@H](O)C2[C@@]3(O)C(CC[C@@]21C)[C@@]1(C)CC[C@H](O)[C@H](O)C1[C@@H](O)[C@H]3O)[C@H](C)CO. The van der Waals surface area contributed by atoms with Gasteiger partial charge < -0.3 is 40.9 Å². The van der Waals surface area contributed by atoms with Gasteiger partial charge in [-0.1, -0.05) is 39.8 Å². The van der Waals surface area contributed by atoms with Crippen molar-refractivity contribution in [2.45, 2.75) is 108 Å². The molecule has 208 valence electrons. The topological polar surface area (TPSA) is 162 Å². The molecule has 8 N–H and O–H groups in total. The highest BCUT2D eigenvalue weighted by atomic mass is 16.4. The Morgan fingerprint density at radius 2 is 1.50 bits per heavy atom. The average Bonchev–Trinajstić information content (AvgIpc) is 3.03. The second-order valence-corrected chi connectivity index (χ2v) is 13.3. The maximum atomic E-state index is 12.4. The predicted octanol–water partition coefficient (Wildman–Crippen LogP) is 0.576. The first kappa shape index (κ1) is 28.4. The maximum Gasteiger partial charge on any atom is 0.110 e. The summed E-state index contributed by atoms with van der Waals surface area (Å²) in [5, 5.41) is 88.3. The van der Waals surface area contributed by atoms with Crippen molar-refractivity contribution >= 4 is 0 Å². The molecule has 0 bridgehead atoms. The molecule has 0 heterocycles. The highest BCUT2D eigenvalue weighted by Crippen LogP contribution is 2.69. The minimum atomic E-state index is -1.86. The highest BCUT2D eigenvalue weighted by Gasteiger charge is 2.76. The molecule has 15 atom stereocenters. The van der Waals surface area contributed by atoms with Gasteiger partial charge in [-0.05, 0) is 73.0 Å². The number of hydrogen-bond acceptors (Lipinski definition) is 8. The number of aliphatic hydroxyl groups excluding tert-OH is 7. The molecule has 4 saturated carbocycles. The van der Waals surface area contributed by atoms with Gasteiger partial charge in [0.1, 0.15) is 11.7 Å². The first-order chi connectivity index (χ1) is 16.7. The fourth-order valence-electron chi connectivity index (χ4n) is 9.52. The fraction of sp³-hybridized carbons (Fsp3) is 0.929. The van der Waals surface area contributed by atoms with Crippen LogP contribution in [0.2, 0.25) is 0 Å². The van der Waals surface area contributed by atoms with Gasteiger partial charge in [0.25, 0.3) is 0 Å². The number of rotatable bonds is 6. The predicted molar refractivity (Wildman–Crippen MR) is 133 cm³/mol. The normalized spacial score (nSPS) is 54.2. The first-order valence-electron chi connectivity index (χ1n) is 13.8. The standard InChI is InChI=1S/C28H48O8/c1-13(15(3)12-29)6-7-14(2)18-21(32)23(34)24-27(18,5)11-9-17-26(4)10-8-16(30)20(31)19(26)22(33)25(35)28(17,24)36/h14-25,29-36H,1,6-12H2,2-5H3/t14-,15-,16+,17?,18+,19?,20+,21-,22-,23-,24?,25-,26-,27-,28+/m1/s1. The zero-order chi connectivity index (χ0) is 27.0. The fourth-order valence-corrected chi connectivity index (χ4v) is 9.52. The molecular formula is C28H48O8. The molecule has 4 rings (SSSR count). The van der Waals surface area contributed by atoms with Crippen LogP contribution in [0.5, 0.6) is 0 Å². The van der Waals surface area contributed by atoms with E-state index in [1.165, 1.54) is 0 Å². The van der Waals surface area contributed by atoms with Crippen molar-refractivity contribution in [3.8, 4) is 0 Å². The average molecular weight is 513 g/mol. The van der Waals surface area contributed by atoms with Gasteiger partial charge >= 0.3 is 0 Å². The zero-order valence-corrected chi connectivity index (χ0v) is 22.2. The van der Waals surface area contributed by atoms with Crippen molar-refractivity contribution < 1.29 is 40.9 Å². The van der Waals surface area contributed by atoms with Crippen LogP contribution in [0.15, 0.2) is 12.2 Å². The molecule has 0 spiro atoms. The third-order valence-electron chi connectivity index (χ3n) is 11.5. The molecule has 8 heteroatoms. The van der Waals surface area contributed by atoms with Crippen molar-refractivity contribution in [3.63, 3.8) is 0 Å². The smallest absolute Gasteiger partial charge is 0.110 e. The second-order valence-electron chi connectivity index (χ2n) is 13.3. The summed E-state index contributed by atoms with van der Waals surface area (Å²) in [7, 11) is 0. The molecule has 0 aromatic rings. The van der Waals surface area contributed by atoms with E-state index in [-0.39, 0.29) is 24.4 Å². The lowest BCUT2D eigenvalue weighted by molar-refractivity contribution is -0.322. The maximum absolute atomic E-state index is 12.4. The molecule has 0 amide bonds. The van der Waals surface area contributed by atoms with E-state index in [1.54, 1.807) is 0 Å². The van der Waals surface area contributed by atoms with Crippen LogP contribution in [-0.4, -0.2) is 89.7 Å². The molecule has 0 saturated heterocycles. The third kappa shape index (κ3) is 3.78.